The van der Waals surface area contributed by atoms with Crippen LogP contribution in [0.3, 0.4) is 0 Å². The van der Waals surface area contributed by atoms with E-state index in [1.165, 1.54) is 6.42 Å². The number of carbonyl (C=O) groups is 2. The molecule has 2 aliphatic rings. The molecule has 0 aliphatic carbocycles. The van der Waals surface area contributed by atoms with E-state index in [2.05, 4.69) is 26.9 Å². The number of likely N-dealkylation sites (tertiary alicyclic amines) is 1. The molecule has 0 saturated carbocycles. The lowest BCUT2D eigenvalue weighted by Gasteiger charge is -2.38. The summed E-state index contributed by atoms with van der Waals surface area (Å²) >= 11 is 0. The molecule has 1 N–H and O–H groups in total. The van der Waals surface area contributed by atoms with E-state index in [9.17, 15) is 9.59 Å². The number of nitrogens with zero attached hydrogens (tertiary/aromatic N) is 3. The molecule has 1 unspecified atom stereocenters. The number of carbonyl (C=O) groups excluding carboxylic acids is 2. The first-order valence-corrected chi connectivity index (χ1v) is 10.7. The summed E-state index contributed by atoms with van der Waals surface area (Å²) in [7, 11) is 0. The maximum atomic E-state index is 12.7. The normalized spacial score (nSPS) is 21.5. The van der Waals surface area contributed by atoms with E-state index in [4.69, 9.17) is 0 Å². The largest absolute Gasteiger partial charge is 0.351 e. The van der Waals surface area contributed by atoms with Crippen molar-refractivity contribution in [2.45, 2.75) is 45.2 Å². The third-order valence-corrected chi connectivity index (χ3v) is 5.94. The van der Waals surface area contributed by atoms with E-state index in [0.717, 1.165) is 57.5 Å². The predicted octanol–water partition coefficient (Wildman–Crippen LogP) is 1.71. The fourth-order valence-electron chi connectivity index (χ4n) is 4.20. The molecule has 2 fully saturated rings. The van der Waals surface area contributed by atoms with Crippen molar-refractivity contribution in [3.05, 3.63) is 35.9 Å². The zero-order chi connectivity index (χ0) is 19.8. The minimum Gasteiger partial charge on any atom is -0.351 e. The maximum Gasteiger partial charge on any atom is 0.236 e. The van der Waals surface area contributed by atoms with Gasteiger partial charge in [-0.15, -0.1) is 0 Å². The molecule has 2 heterocycles. The minimum atomic E-state index is 0.0625. The lowest BCUT2D eigenvalue weighted by molar-refractivity contribution is -0.137. The lowest BCUT2D eigenvalue weighted by atomic mass is 10.00. The lowest BCUT2D eigenvalue weighted by Crippen LogP contribution is -2.53. The van der Waals surface area contributed by atoms with E-state index >= 15 is 0 Å². The Morgan fingerprint density at radius 1 is 0.964 bits per heavy atom. The Balaban J connectivity index is 1.36. The van der Waals surface area contributed by atoms with Crippen LogP contribution in [0.4, 0.5) is 0 Å². The van der Waals surface area contributed by atoms with Gasteiger partial charge in [-0.1, -0.05) is 37.3 Å². The van der Waals surface area contributed by atoms with E-state index in [1.807, 2.05) is 30.3 Å². The van der Waals surface area contributed by atoms with E-state index in [-0.39, 0.29) is 11.8 Å². The zero-order valence-electron chi connectivity index (χ0n) is 17.1. The highest BCUT2D eigenvalue weighted by atomic mass is 16.2. The molecular formula is C22H34N4O2. The number of amides is 2. The number of hydrogen-bond donors (Lipinski definition) is 1. The van der Waals surface area contributed by atoms with Gasteiger partial charge < -0.3 is 10.2 Å². The first kappa shape index (κ1) is 20.8. The number of hydrogen-bond acceptors (Lipinski definition) is 4. The highest BCUT2D eigenvalue weighted by molar-refractivity contribution is 5.79. The van der Waals surface area contributed by atoms with E-state index < -0.39 is 0 Å². The zero-order valence-corrected chi connectivity index (χ0v) is 17.1. The molecular weight excluding hydrogens is 352 g/mol. The predicted molar refractivity (Wildman–Crippen MR) is 111 cm³/mol. The topological polar surface area (TPSA) is 55.9 Å². The molecule has 1 aromatic carbocycles. The molecule has 2 aliphatic heterocycles. The maximum absolute atomic E-state index is 12.7. The van der Waals surface area contributed by atoms with Gasteiger partial charge in [-0.2, -0.15) is 0 Å². The van der Waals surface area contributed by atoms with Gasteiger partial charge in [0.25, 0.3) is 0 Å². The first-order chi connectivity index (χ1) is 13.7. The van der Waals surface area contributed by atoms with Gasteiger partial charge in [0.2, 0.25) is 11.8 Å². The fourth-order valence-corrected chi connectivity index (χ4v) is 4.20. The number of benzene rings is 1. The molecule has 0 spiro atoms. The summed E-state index contributed by atoms with van der Waals surface area (Å²) in [5.41, 5.74) is 1.11. The average Bonchev–Trinajstić information content (AvgIpc) is 2.74. The van der Waals surface area contributed by atoms with Crippen molar-refractivity contribution in [2.75, 3.05) is 45.8 Å². The molecule has 1 atom stereocenters. The van der Waals surface area contributed by atoms with Crippen molar-refractivity contribution in [3.8, 4) is 0 Å². The van der Waals surface area contributed by atoms with Crippen LogP contribution in [0.5, 0.6) is 0 Å². The smallest absolute Gasteiger partial charge is 0.236 e. The van der Waals surface area contributed by atoms with Gasteiger partial charge in [-0.25, -0.2) is 0 Å². The Bertz CT molecular complexity index is 629. The number of piperidine rings is 1. The summed E-state index contributed by atoms with van der Waals surface area (Å²) < 4.78 is 0. The van der Waals surface area contributed by atoms with Gasteiger partial charge in [-0.3, -0.25) is 19.4 Å². The molecule has 1 aromatic rings. The monoisotopic (exact) mass is 386 g/mol. The van der Waals surface area contributed by atoms with Crippen molar-refractivity contribution in [2.24, 2.45) is 0 Å². The molecule has 6 heteroatoms. The van der Waals surface area contributed by atoms with Crippen LogP contribution in [0.25, 0.3) is 0 Å². The molecule has 6 nitrogen and oxygen atoms in total. The minimum absolute atomic E-state index is 0.0625. The van der Waals surface area contributed by atoms with Crippen molar-refractivity contribution in [1.29, 1.82) is 0 Å². The van der Waals surface area contributed by atoms with Crippen molar-refractivity contribution in [1.82, 2.24) is 20.0 Å². The summed E-state index contributed by atoms with van der Waals surface area (Å²) in [6.45, 7) is 7.99. The Hall–Kier alpha value is -1.92. The second-order valence-electron chi connectivity index (χ2n) is 7.96. The van der Waals surface area contributed by atoms with Gasteiger partial charge in [0, 0.05) is 45.3 Å². The van der Waals surface area contributed by atoms with Crippen LogP contribution in [-0.4, -0.2) is 78.4 Å². The number of piperazine rings is 1. The van der Waals surface area contributed by atoms with Gasteiger partial charge in [0.15, 0.2) is 0 Å². The van der Waals surface area contributed by atoms with Crippen LogP contribution in [0.2, 0.25) is 0 Å². The molecule has 28 heavy (non-hydrogen) atoms. The Kier molecular flexibility index (Phi) is 7.86. The molecule has 154 valence electrons. The quantitative estimate of drug-likeness (QED) is 0.775. The van der Waals surface area contributed by atoms with Crippen molar-refractivity contribution >= 4 is 11.8 Å². The van der Waals surface area contributed by atoms with Crippen LogP contribution >= 0.6 is 0 Å². The van der Waals surface area contributed by atoms with Crippen LogP contribution in [-0.2, 0) is 16.1 Å². The third-order valence-electron chi connectivity index (χ3n) is 5.94. The number of rotatable bonds is 7. The van der Waals surface area contributed by atoms with Crippen LogP contribution in [0, 0.1) is 0 Å². The van der Waals surface area contributed by atoms with Crippen molar-refractivity contribution < 1.29 is 9.59 Å². The summed E-state index contributed by atoms with van der Waals surface area (Å²) in [5, 5.41) is 2.99. The SMILES string of the molecule is CCC1CCCCN1C(=O)CN1CCN(CC(=O)NCc2ccccc2)CC1. The molecule has 0 radical (unpaired) electrons. The highest BCUT2D eigenvalue weighted by Gasteiger charge is 2.27. The Morgan fingerprint density at radius 3 is 2.32 bits per heavy atom. The Labute approximate surface area is 168 Å². The van der Waals surface area contributed by atoms with Crippen molar-refractivity contribution in [3.63, 3.8) is 0 Å². The van der Waals surface area contributed by atoms with Gasteiger partial charge in [0.05, 0.1) is 13.1 Å². The summed E-state index contributed by atoms with van der Waals surface area (Å²) in [5.74, 6) is 0.341. The van der Waals surface area contributed by atoms with E-state index in [0.29, 0.717) is 25.7 Å². The average molecular weight is 387 g/mol. The standard InChI is InChI=1S/C22H34N4O2/c1-2-20-10-6-7-11-26(20)22(28)18-25-14-12-24(13-15-25)17-21(27)23-16-19-8-4-3-5-9-19/h3-5,8-9,20H,2,6-7,10-18H2,1H3,(H,23,27). The van der Waals surface area contributed by atoms with Gasteiger partial charge >= 0.3 is 0 Å². The summed E-state index contributed by atoms with van der Waals surface area (Å²) in [6, 6.07) is 10.4. The van der Waals surface area contributed by atoms with Gasteiger partial charge in [0.1, 0.15) is 0 Å². The summed E-state index contributed by atoms with van der Waals surface area (Å²) in [6.07, 6.45) is 4.58. The molecule has 0 bridgehead atoms. The molecule has 2 amide bonds. The summed E-state index contributed by atoms with van der Waals surface area (Å²) in [4.78, 5) is 31.4. The highest BCUT2D eigenvalue weighted by Crippen LogP contribution is 2.19. The van der Waals surface area contributed by atoms with E-state index in [1.54, 1.807) is 0 Å². The second kappa shape index (κ2) is 10.6. The molecule has 0 aromatic heterocycles. The second-order valence-corrected chi connectivity index (χ2v) is 7.96. The first-order valence-electron chi connectivity index (χ1n) is 10.7. The Morgan fingerprint density at radius 2 is 1.64 bits per heavy atom. The molecule has 3 rings (SSSR count). The van der Waals surface area contributed by atoms with Crippen LogP contribution in [0.15, 0.2) is 30.3 Å². The molecule has 2 saturated heterocycles. The fraction of sp³-hybridized carbons (Fsp3) is 0.636. The van der Waals surface area contributed by atoms with Gasteiger partial charge in [-0.05, 0) is 31.2 Å². The van der Waals surface area contributed by atoms with Crippen LogP contribution in [0.1, 0.15) is 38.2 Å². The van der Waals surface area contributed by atoms with Crippen LogP contribution < -0.4 is 5.32 Å². The number of nitrogens with one attached hydrogen (secondary N) is 1. The third kappa shape index (κ3) is 6.04.